The Morgan fingerprint density at radius 1 is 1.41 bits per heavy atom. The topological polar surface area (TPSA) is 62.5 Å². The average molecular weight is 233 g/mol. The number of aryl methyl sites for hydroxylation is 1. The van der Waals surface area contributed by atoms with E-state index in [0.29, 0.717) is 13.1 Å². The molecule has 90 valence electrons. The number of furan rings is 1. The van der Waals surface area contributed by atoms with Gasteiger partial charge >= 0.3 is 5.97 Å². The standard InChI is InChI=1S/C13H15NO3/c1-9-11(8-14-7-6-13(15)16)10-4-2-3-5-12(10)17-9/h2-5,14H,6-8H2,1H3,(H,15,16). The fraction of sp³-hybridized carbons (Fsp3) is 0.308. The number of benzene rings is 1. The van der Waals surface area contributed by atoms with E-state index >= 15 is 0 Å². The Morgan fingerprint density at radius 3 is 2.94 bits per heavy atom. The Kier molecular flexibility index (Phi) is 3.44. The number of nitrogens with one attached hydrogen (secondary N) is 1. The molecule has 17 heavy (non-hydrogen) atoms. The highest BCUT2D eigenvalue weighted by Crippen LogP contribution is 2.24. The molecular weight excluding hydrogens is 218 g/mol. The Labute approximate surface area is 99.2 Å². The lowest BCUT2D eigenvalue weighted by atomic mass is 10.1. The quantitative estimate of drug-likeness (QED) is 0.778. The zero-order valence-electron chi connectivity index (χ0n) is 9.69. The average Bonchev–Trinajstić information content (AvgIpc) is 2.60. The van der Waals surface area contributed by atoms with E-state index in [1.165, 1.54) is 0 Å². The van der Waals surface area contributed by atoms with Crippen molar-refractivity contribution in [3.8, 4) is 0 Å². The molecule has 0 aliphatic carbocycles. The van der Waals surface area contributed by atoms with Gasteiger partial charge in [-0.3, -0.25) is 4.79 Å². The van der Waals surface area contributed by atoms with E-state index < -0.39 is 5.97 Å². The van der Waals surface area contributed by atoms with Crippen molar-refractivity contribution < 1.29 is 14.3 Å². The highest BCUT2D eigenvalue weighted by Gasteiger charge is 2.09. The van der Waals surface area contributed by atoms with Gasteiger partial charge in [0.25, 0.3) is 0 Å². The van der Waals surface area contributed by atoms with Gasteiger partial charge < -0.3 is 14.8 Å². The number of carbonyl (C=O) groups is 1. The van der Waals surface area contributed by atoms with E-state index in [-0.39, 0.29) is 6.42 Å². The maximum atomic E-state index is 10.4. The van der Waals surface area contributed by atoms with E-state index in [0.717, 1.165) is 22.3 Å². The first kappa shape index (κ1) is 11.7. The summed E-state index contributed by atoms with van der Waals surface area (Å²) in [7, 11) is 0. The van der Waals surface area contributed by atoms with E-state index in [4.69, 9.17) is 9.52 Å². The van der Waals surface area contributed by atoms with Crippen molar-refractivity contribution in [2.75, 3.05) is 6.54 Å². The van der Waals surface area contributed by atoms with Crippen molar-refractivity contribution in [3.05, 3.63) is 35.6 Å². The highest BCUT2D eigenvalue weighted by atomic mass is 16.4. The number of carboxylic acids is 1. The Bertz CT molecular complexity index is 530. The molecule has 2 aromatic rings. The molecular formula is C13H15NO3. The lowest BCUT2D eigenvalue weighted by Gasteiger charge is -2.02. The molecule has 0 saturated carbocycles. The zero-order chi connectivity index (χ0) is 12.3. The van der Waals surface area contributed by atoms with Crippen LogP contribution in [0.15, 0.2) is 28.7 Å². The second-order valence-corrected chi connectivity index (χ2v) is 3.95. The summed E-state index contributed by atoms with van der Waals surface area (Å²) >= 11 is 0. The molecule has 0 aliphatic heterocycles. The number of aliphatic carboxylic acids is 1. The molecule has 2 N–H and O–H groups in total. The predicted molar refractivity (Wildman–Crippen MR) is 64.9 cm³/mol. The van der Waals surface area contributed by atoms with E-state index in [2.05, 4.69) is 5.32 Å². The van der Waals surface area contributed by atoms with Gasteiger partial charge in [0.15, 0.2) is 0 Å². The summed E-state index contributed by atoms with van der Waals surface area (Å²) in [6.07, 6.45) is 0.134. The molecule has 0 unspecified atom stereocenters. The normalized spacial score (nSPS) is 10.9. The van der Waals surface area contributed by atoms with Crippen LogP contribution < -0.4 is 5.32 Å². The third-order valence-electron chi connectivity index (χ3n) is 2.72. The highest BCUT2D eigenvalue weighted by molar-refractivity contribution is 5.82. The summed E-state index contributed by atoms with van der Waals surface area (Å²) < 4.78 is 5.62. The minimum absolute atomic E-state index is 0.134. The van der Waals surface area contributed by atoms with Crippen LogP contribution in [-0.4, -0.2) is 17.6 Å². The van der Waals surface area contributed by atoms with Gasteiger partial charge in [-0.1, -0.05) is 18.2 Å². The van der Waals surface area contributed by atoms with Gasteiger partial charge in [-0.25, -0.2) is 0 Å². The van der Waals surface area contributed by atoms with Gasteiger partial charge in [0.05, 0.1) is 6.42 Å². The molecule has 0 fully saturated rings. The molecule has 2 rings (SSSR count). The second kappa shape index (κ2) is 5.01. The van der Waals surface area contributed by atoms with Crippen molar-refractivity contribution in [2.45, 2.75) is 19.9 Å². The van der Waals surface area contributed by atoms with Gasteiger partial charge in [0.1, 0.15) is 11.3 Å². The van der Waals surface area contributed by atoms with Crippen LogP contribution in [0.2, 0.25) is 0 Å². The lowest BCUT2D eigenvalue weighted by molar-refractivity contribution is -0.136. The molecule has 0 radical (unpaired) electrons. The minimum atomic E-state index is -0.786. The fourth-order valence-corrected chi connectivity index (χ4v) is 1.85. The number of fused-ring (bicyclic) bond motifs is 1. The van der Waals surface area contributed by atoms with Crippen LogP contribution >= 0.6 is 0 Å². The Hall–Kier alpha value is -1.81. The van der Waals surface area contributed by atoms with Crippen molar-refractivity contribution in [1.29, 1.82) is 0 Å². The fourth-order valence-electron chi connectivity index (χ4n) is 1.85. The minimum Gasteiger partial charge on any atom is -0.481 e. The summed E-state index contributed by atoms with van der Waals surface area (Å²) in [6.45, 7) is 3.03. The number of para-hydroxylation sites is 1. The summed E-state index contributed by atoms with van der Waals surface area (Å²) in [5.74, 6) is 0.0975. The third kappa shape index (κ3) is 2.65. The summed E-state index contributed by atoms with van der Waals surface area (Å²) in [5, 5.41) is 12.7. The second-order valence-electron chi connectivity index (χ2n) is 3.95. The molecule has 0 amide bonds. The van der Waals surface area contributed by atoms with E-state index in [9.17, 15) is 4.79 Å². The van der Waals surface area contributed by atoms with Gasteiger partial charge in [-0.05, 0) is 13.0 Å². The van der Waals surface area contributed by atoms with Gasteiger partial charge in [0, 0.05) is 24.0 Å². The predicted octanol–water partition coefficient (Wildman–Crippen LogP) is 2.31. The zero-order valence-corrected chi connectivity index (χ0v) is 9.69. The molecule has 4 nitrogen and oxygen atoms in total. The monoisotopic (exact) mass is 233 g/mol. The molecule has 1 aromatic carbocycles. The van der Waals surface area contributed by atoms with Crippen LogP contribution in [0.3, 0.4) is 0 Å². The van der Waals surface area contributed by atoms with Crippen LogP contribution in [0.25, 0.3) is 11.0 Å². The van der Waals surface area contributed by atoms with Crippen LogP contribution in [0.1, 0.15) is 17.7 Å². The first-order valence-corrected chi connectivity index (χ1v) is 5.58. The number of carboxylic acid groups (broad SMARTS) is 1. The Morgan fingerprint density at radius 2 is 2.18 bits per heavy atom. The SMILES string of the molecule is Cc1oc2ccccc2c1CNCCC(=O)O. The summed E-state index contributed by atoms with van der Waals surface area (Å²) in [4.78, 5) is 10.4. The van der Waals surface area contributed by atoms with Gasteiger partial charge in [-0.15, -0.1) is 0 Å². The molecule has 4 heteroatoms. The van der Waals surface area contributed by atoms with Crippen LogP contribution in [0, 0.1) is 6.92 Å². The number of hydrogen-bond acceptors (Lipinski definition) is 3. The maximum absolute atomic E-state index is 10.4. The van der Waals surface area contributed by atoms with Crippen molar-refractivity contribution in [2.24, 2.45) is 0 Å². The third-order valence-corrected chi connectivity index (χ3v) is 2.72. The molecule has 0 aliphatic rings. The van der Waals surface area contributed by atoms with Crippen LogP contribution in [0.4, 0.5) is 0 Å². The van der Waals surface area contributed by atoms with Crippen LogP contribution in [0.5, 0.6) is 0 Å². The maximum Gasteiger partial charge on any atom is 0.304 e. The first-order chi connectivity index (χ1) is 8.18. The van der Waals surface area contributed by atoms with Crippen molar-refractivity contribution >= 4 is 16.9 Å². The van der Waals surface area contributed by atoms with Crippen molar-refractivity contribution in [1.82, 2.24) is 5.32 Å². The first-order valence-electron chi connectivity index (χ1n) is 5.58. The molecule has 1 heterocycles. The smallest absolute Gasteiger partial charge is 0.304 e. The summed E-state index contributed by atoms with van der Waals surface area (Å²) in [5.41, 5.74) is 1.98. The van der Waals surface area contributed by atoms with Gasteiger partial charge in [0.2, 0.25) is 0 Å². The van der Waals surface area contributed by atoms with E-state index in [1.54, 1.807) is 0 Å². The van der Waals surface area contributed by atoms with E-state index in [1.807, 2.05) is 31.2 Å². The summed E-state index contributed by atoms with van der Waals surface area (Å²) in [6, 6.07) is 7.86. The number of hydrogen-bond donors (Lipinski definition) is 2. The Balaban J connectivity index is 2.07. The van der Waals surface area contributed by atoms with Gasteiger partial charge in [-0.2, -0.15) is 0 Å². The molecule has 0 spiro atoms. The lowest BCUT2D eigenvalue weighted by Crippen LogP contribution is -2.17. The van der Waals surface area contributed by atoms with Crippen LogP contribution in [-0.2, 0) is 11.3 Å². The largest absolute Gasteiger partial charge is 0.481 e. The van der Waals surface area contributed by atoms with Crippen molar-refractivity contribution in [3.63, 3.8) is 0 Å². The molecule has 0 bridgehead atoms. The molecule has 1 aromatic heterocycles. The molecule has 0 atom stereocenters. The number of rotatable bonds is 5. The molecule has 0 saturated heterocycles.